The van der Waals surface area contributed by atoms with Crippen LogP contribution in [0.15, 0.2) is 0 Å². The Kier molecular flexibility index (Phi) is 6.08. The molecule has 1 fully saturated rings. The van der Waals surface area contributed by atoms with E-state index in [-0.39, 0.29) is 11.9 Å². The van der Waals surface area contributed by atoms with E-state index < -0.39 is 0 Å². The van der Waals surface area contributed by atoms with E-state index in [4.69, 9.17) is 8.84 Å². The molecule has 0 aromatic rings. The molecule has 1 saturated carbocycles. The second kappa shape index (κ2) is 7.11. The van der Waals surface area contributed by atoms with E-state index in [2.05, 4.69) is 9.41 Å². The Morgan fingerprint density at radius 2 is 2.27 bits per heavy atom. The lowest BCUT2D eigenvalue weighted by atomic mass is 10.1. The van der Waals surface area contributed by atoms with Crippen LogP contribution in [-0.2, 0) is 17.8 Å². The van der Waals surface area contributed by atoms with Gasteiger partial charge < -0.3 is 14.1 Å². The summed E-state index contributed by atoms with van der Waals surface area (Å²) in [5.41, 5.74) is 0. The van der Waals surface area contributed by atoms with Crippen molar-refractivity contribution < 1.29 is 17.8 Å². The molecule has 0 spiro atoms. The summed E-state index contributed by atoms with van der Waals surface area (Å²) >= 11 is 0.728. The van der Waals surface area contributed by atoms with Crippen molar-refractivity contribution >= 4 is 25.9 Å². The predicted octanol–water partition coefficient (Wildman–Crippen LogP) is 0.410. The van der Waals surface area contributed by atoms with Crippen molar-refractivity contribution in [2.75, 3.05) is 14.2 Å². The Labute approximate surface area is 94.9 Å². The smallest absolute Gasteiger partial charge is 0.360 e. The molecule has 0 amide bonds. The second-order valence-corrected chi connectivity index (χ2v) is 4.12. The highest BCUT2D eigenvalue weighted by Crippen LogP contribution is 2.27. The Hall–Kier alpha value is -0.235. The van der Waals surface area contributed by atoms with E-state index in [9.17, 15) is 4.79 Å². The SMILES string of the molecule is COBN[C@@H]1CC[C@H](C(=O)OSOC)C1. The van der Waals surface area contributed by atoms with E-state index in [1.165, 1.54) is 7.11 Å². The molecular formula is C8H16BNO4S. The molecule has 0 aromatic heterocycles. The van der Waals surface area contributed by atoms with Crippen LogP contribution in [0.2, 0.25) is 0 Å². The molecule has 5 nitrogen and oxygen atoms in total. The third kappa shape index (κ3) is 4.42. The fraction of sp³-hybridized carbons (Fsp3) is 0.875. The summed E-state index contributed by atoms with van der Waals surface area (Å²) in [5.74, 6) is -0.203. The highest BCUT2D eigenvalue weighted by Gasteiger charge is 2.31. The highest BCUT2D eigenvalue weighted by atomic mass is 32.2. The van der Waals surface area contributed by atoms with Crippen LogP contribution in [0.25, 0.3) is 0 Å². The largest absolute Gasteiger partial charge is 0.427 e. The van der Waals surface area contributed by atoms with E-state index in [1.807, 2.05) is 0 Å². The maximum absolute atomic E-state index is 11.4. The average Bonchev–Trinajstić information content (AvgIpc) is 2.71. The van der Waals surface area contributed by atoms with Crippen molar-refractivity contribution in [2.24, 2.45) is 5.92 Å². The lowest BCUT2D eigenvalue weighted by Crippen LogP contribution is -2.31. The van der Waals surface area contributed by atoms with Gasteiger partial charge in [-0.3, -0.25) is 8.98 Å². The van der Waals surface area contributed by atoms with Gasteiger partial charge in [-0.2, -0.15) is 0 Å². The van der Waals surface area contributed by atoms with Gasteiger partial charge in [0.05, 0.1) is 13.0 Å². The molecule has 1 aliphatic rings. The minimum absolute atomic E-state index is 0.0120. The Morgan fingerprint density at radius 1 is 1.47 bits per heavy atom. The van der Waals surface area contributed by atoms with Crippen LogP contribution in [0, 0.1) is 5.92 Å². The first-order valence-corrected chi connectivity index (χ1v) is 5.58. The number of rotatable bonds is 6. The molecule has 1 aliphatic carbocycles. The molecule has 7 heteroatoms. The van der Waals surface area contributed by atoms with Crippen LogP contribution in [0.5, 0.6) is 0 Å². The van der Waals surface area contributed by atoms with Crippen LogP contribution < -0.4 is 5.23 Å². The van der Waals surface area contributed by atoms with Gasteiger partial charge in [0.15, 0.2) is 0 Å². The molecule has 0 bridgehead atoms. The zero-order valence-electron chi connectivity index (χ0n) is 9.02. The average molecular weight is 233 g/mol. The van der Waals surface area contributed by atoms with Gasteiger partial charge in [0.25, 0.3) is 0 Å². The van der Waals surface area contributed by atoms with Crippen LogP contribution in [-0.4, -0.2) is 33.8 Å². The van der Waals surface area contributed by atoms with E-state index >= 15 is 0 Å². The monoisotopic (exact) mass is 233 g/mol. The van der Waals surface area contributed by atoms with Gasteiger partial charge in [-0.05, 0) is 25.3 Å². The number of carbonyl (C=O) groups excluding carboxylic acids is 1. The summed E-state index contributed by atoms with van der Waals surface area (Å²) in [5, 5.41) is 3.20. The van der Waals surface area contributed by atoms with Gasteiger partial charge in [0, 0.05) is 7.11 Å². The fourth-order valence-electron chi connectivity index (χ4n) is 1.72. The standard InChI is InChI=1S/C8H16BNO4S/c1-12-9-10-7-4-3-6(5-7)8(11)14-15-13-2/h6-7,9-10H,3-5H2,1-2H3/t6-,7+/m0/s1. The minimum Gasteiger partial charge on any atom is -0.427 e. The third-order valence-electron chi connectivity index (χ3n) is 2.47. The maximum Gasteiger partial charge on any atom is 0.360 e. The second-order valence-electron chi connectivity index (χ2n) is 3.48. The molecule has 0 saturated heterocycles. The lowest BCUT2D eigenvalue weighted by Gasteiger charge is -2.10. The lowest BCUT2D eigenvalue weighted by molar-refractivity contribution is -0.137. The molecule has 0 aliphatic heterocycles. The molecular weight excluding hydrogens is 217 g/mol. The zero-order valence-corrected chi connectivity index (χ0v) is 9.84. The first-order valence-electron chi connectivity index (χ1n) is 4.91. The first-order chi connectivity index (χ1) is 7.27. The van der Waals surface area contributed by atoms with Crippen LogP contribution in [0.3, 0.4) is 0 Å². The first kappa shape index (κ1) is 12.8. The van der Waals surface area contributed by atoms with Gasteiger partial charge in [0.1, 0.15) is 0 Å². The van der Waals surface area contributed by atoms with Gasteiger partial charge in [-0.15, -0.1) is 0 Å². The van der Waals surface area contributed by atoms with Gasteiger partial charge >= 0.3 is 13.6 Å². The Bertz CT molecular complexity index is 207. The quantitative estimate of drug-likeness (QED) is 0.529. The fourth-order valence-corrected chi connectivity index (χ4v) is 1.99. The van der Waals surface area contributed by atoms with E-state index in [0.29, 0.717) is 13.7 Å². The highest BCUT2D eigenvalue weighted by molar-refractivity contribution is 7.90. The normalized spacial score (nSPS) is 25.2. The van der Waals surface area contributed by atoms with Crippen molar-refractivity contribution in [1.29, 1.82) is 0 Å². The predicted molar refractivity (Wildman–Crippen MR) is 59.1 cm³/mol. The van der Waals surface area contributed by atoms with Gasteiger partial charge in [-0.25, -0.2) is 0 Å². The van der Waals surface area contributed by atoms with E-state index in [1.54, 1.807) is 7.11 Å². The summed E-state index contributed by atoms with van der Waals surface area (Å²) in [4.78, 5) is 11.4. The summed E-state index contributed by atoms with van der Waals surface area (Å²) in [7, 11) is 3.64. The van der Waals surface area contributed by atoms with Gasteiger partial charge in [0.2, 0.25) is 12.3 Å². The molecule has 0 unspecified atom stereocenters. The summed E-state index contributed by atoms with van der Waals surface area (Å²) in [6, 6.07) is 0.357. The molecule has 0 heterocycles. The van der Waals surface area contributed by atoms with Crippen molar-refractivity contribution in [1.82, 2.24) is 5.23 Å². The van der Waals surface area contributed by atoms with Crippen molar-refractivity contribution in [3.8, 4) is 0 Å². The summed E-state index contributed by atoms with van der Waals surface area (Å²) < 4.78 is 14.3. The molecule has 2 atom stereocenters. The summed E-state index contributed by atoms with van der Waals surface area (Å²) in [6.07, 6.45) is 2.66. The summed E-state index contributed by atoms with van der Waals surface area (Å²) in [6.45, 7) is 0. The van der Waals surface area contributed by atoms with Crippen LogP contribution in [0.4, 0.5) is 0 Å². The van der Waals surface area contributed by atoms with Crippen LogP contribution >= 0.6 is 12.3 Å². The number of hydrogen-bond donors (Lipinski definition) is 1. The van der Waals surface area contributed by atoms with Gasteiger partial charge in [-0.1, -0.05) is 0 Å². The van der Waals surface area contributed by atoms with Crippen molar-refractivity contribution in [3.05, 3.63) is 0 Å². The zero-order chi connectivity index (χ0) is 11.1. The number of nitrogens with one attached hydrogen (secondary N) is 1. The van der Waals surface area contributed by atoms with Crippen molar-refractivity contribution in [3.63, 3.8) is 0 Å². The maximum atomic E-state index is 11.4. The molecule has 86 valence electrons. The topological polar surface area (TPSA) is 56.8 Å². The Balaban J connectivity index is 2.20. The number of carbonyl (C=O) groups is 1. The Morgan fingerprint density at radius 3 is 2.93 bits per heavy atom. The minimum atomic E-state index is -0.191. The molecule has 0 radical (unpaired) electrons. The molecule has 1 N–H and O–H groups in total. The molecule has 1 rings (SSSR count). The third-order valence-corrected chi connectivity index (χ3v) is 2.83. The molecule has 15 heavy (non-hydrogen) atoms. The van der Waals surface area contributed by atoms with E-state index in [0.717, 1.165) is 31.6 Å². The van der Waals surface area contributed by atoms with Crippen LogP contribution in [0.1, 0.15) is 19.3 Å². The molecule has 0 aromatic carbocycles. The number of hydrogen-bond acceptors (Lipinski definition) is 6. The van der Waals surface area contributed by atoms with Crippen molar-refractivity contribution in [2.45, 2.75) is 25.3 Å².